The van der Waals surface area contributed by atoms with E-state index in [-0.39, 0.29) is 5.60 Å². The molecule has 0 aliphatic rings. The number of hydrogen-bond donors (Lipinski definition) is 1. The second-order valence-corrected chi connectivity index (χ2v) is 4.35. The normalized spacial score (nSPS) is 16.4. The first-order valence-electron chi connectivity index (χ1n) is 6.45. The van der Waals surface area contributed by atoms with Crippen molar-refractivity contribution in [1.82, 2.24) is 5.32 Å². The van der Waals surface area contributed by atoms with Gasteiger partial charge in [0.25, 0.3) is 0 Å². The van der Waals surface area contributed by atoms with E-state index in [1.165, 1.54) is 0 Å². The summed E-state index contributed by atoms with van der Waals surface area (Å²) < 4.78 is 5.90. The van der Waals surface area contributed by atoms with Gasteiger partial charge < -0.3 is 10.1 Å². The molecule has 0 heterocycles. The third kappa shape index (κ3) is 5.01. The lowest BCUT2D eigenvalue weighted by atomic mass is 9.89. The van der Waals surface area contributed by atoms with E-state index in [4.69, 9.17) is 11.2 Å². The van der Waals surface area contributed by atoms with E-state index in [2.05, 4.69) is 32.0 Å². The van der Waals surface area contributed by atoms with E-state index >= 15 is 0 Å². The van der Waals surface area contributed by atoms with Crippen molar-refractivity contribution < 1.29 is 4.74 Å². The fraction of sp³-hybridized carbons (Fsp3) is 0.857. The first-order chi connectivity index (χ1) is 7.64. The quantitative estimate of drug-likeness (QED) is 0.609. The molecule has 2 nitrogen and oxygen atoms in total. The Hall–Kier alpha value is -0.520. The summed E-state index contributed by atoms with van der Waals surface area (Å²) in [6, 6.07) is 0.355. The maximum Gasteiger partial charge on any atom is 0.0804 e. The Morgan fingerprint density at radius 2 is 2.06 bits per heavy atom. The van der Waals surface area contributed by atoms with Crippen LogP contribution in [0.15, 0.2) is 0 Å². The Morgan fingerprint density at radius 1 is 1.38 bits per heavy atom. The zero-order valence-electron chi connectivity index (χ0n) is 11.3. The molecule has 0 aromatic rings. The zero-order valence-corrected chi connectivity index (χ0v) is 11.3. The van der Waals surface area contributed by atoms with Crippen LogP contribution in [0.1, 0.15) is 53.4 Å². The van der Waals surface area contributed by atoms with Gasteiger partial charge in [-0.15, -0.1) is 12.3 Å². The molecule has 0 amide bonds. The summed E-state index contributed by atoms with van der Waals surface area (Å²) in [5, 5.41) is 3.56. The summed E-state index contributed by atoms with van der Waals surface area (Å²) in [6.07, 6.45) is 9.29. The molecule has 2 unspecified atom stereocenters. The monoisotopic (exact) mass is 225 g/mol. The fourth-order valence-corrected chi connectivity index (χ4v) is 1.95. The summed E-state index contributed by atoms with van der Waals surface area (Å²) in [4.78, 5) is 0. The van der Waals surface area contributed by atoms with Crippen molar-refractivity contribution in [3.63, 3.8) is 0 Å². The Bertz CT molecular complexity index is 209. The third-order valence-electron chi connectivity index (χ3n) is 3.13. The van der Waals surface area contributed by atoms with Crippen molar-refractivity contribution in [2.45, 2.75) is 65.0 Å². The average molecular weight is 225 g/mol. The first-order valence-corrected chi connectivity index (χ1v) is 6.45. The Balaban J connectivity index is 4.47. The highest BCUT2D eigenvalue weighted by molar-refractivity contribution is 4.93. The van der Waals surface area contributed by atoms with E-state index in [0.29, 0.717) is 6.04 Å². The lowest BCUT2D eigenvalue weighted by molar-refractivity contribution is -0.0565. The summed E-state index contributed by atoms with van der Waals surface area (Å²) in [6.45, 7) is 10.4. The fourth-order valence-electron chi connectivity index (χ4n) is 1.95. The molecular formula is C14H27NO. The van der Waals surface area contributed by atoms with Crippen molar-refractivity contribution >= 4 is 0 Å². The van der Waals surface area contributed by atoms with Crippen LogP contribution in [0.3, 0.4) is 0 Å². The van der Waals surface area contributed by atoms with Crippen LogP contribution in [0.4, 0.5) is 0 Å². The SMILES string of the molecule is C#CCCC(NCCC)C(C)(CC)OCC. The van der Waals surface area contributed by atoms with E-state index in [9.17, 15) is 0 Å². The molecule has 0 radical (unpaired) electrons. The van der Waals surface area contributed by atoms with Crippen LogP contribution in [0.2, 0.25) is 0 Å². The van der Waals surface area contributed by atoms with Crippen LogP contribution in [-0.2, 0) is 4.74 Å². The molecule has 0 aromatic heterocycles. The lowest BCUT2D eigenvalue weighted by Gasteiger charge is -2.37. The van der Waals surface area contributed by atoms with Gasteiger partial charge in [0.1, 0.15) is 0 Å². The van der Waals surface area contributed by atoms with Gasteiger partial charge in [0.2, 0.25) is 0 Å². The van der Waals surface area contributed by atoms with E-state index in [0.717, 1.165) is 38.8 Å². The van der Waals surface area contributed by atoms with Gasteiger partial charge in [-0.05, 0) is 39.7 Å². The van der Waals surface area contributed by atoms with Crippen molar-refractivity contribution in [1.29, 1.82) is 0 Å². The number of rotatable bonds is 9. The van der Waals surface area contributed by atoms with Gasteiger partial charge in [0, 0.05) is 19.1 Å². The predicted octanol–water partition coefficient (Wildman–Crippen LogP) is 2.97. The molecule has 1 N–H and O–H groups in total. The number of nitrogens with one attached hydrogen (secondary N) is 1. The third-order valence-corrected chi connectivity index (χ3v) is 3.13. The van der Waals surface area contributed by atoms with Crippen molar-refractivity contribution in [3.8, 4) is 12.3 Å². The molecular weight excluding hydrogens is 198 g/mol. The van der Waals surface area contributed by atoms with Gasteiger partial charge in [-0.1, -0.05) is 13.8 Å². The zero-order chi connectivity index (χ0) is 12.4. The largest absolute Gasteiger partial charge is 0.374 e. The van der Waals surface area contributed by atoms with Crippen LogP contribution in [-0.4, -0.2) is 24.8 Å². The first kappa shape index (κ1) is 15.5. The van der Waals surface area contributed by atoms with E-state index in [1.54, 1.807) is 0 Å². The second-order valence-electron chi connectivity index (χ2n) is 4.35. The van der Waals surface area contributed by atoms with Crippen molar-refractivity contribution in [3.05, 3.63) is 0 Å². The average Bonchev–Trinajstić information content (AvgIpc) is 2.29. The van der Waals surface area contributed by atoms with Gasteiger partial charge in [-0.2, -0.15) is 0 Å². The molecule has 0 aromatic carbocycles. The lowest BCUT2D eigenvalue weighted by Crippen LogP contribution is -2.50. The van der Waals surface area contributed by atoms with Crippen LogP contribution < -0.4 is 5.32 Å². The molecule has 0 rings (SSSR count). The number of terminal acetylenes is 1. The Morgan fingerprint density at radius 3 is 2.50 bits per heavy atom. The van der Waals surface area contributed by atoms with Gasteiger partial charge in [-0.25, -0.2) is 0 Å². The highest BCUT2D eigenvalue weighted by atomic mass is 16.5. The van der Waals surface area contributed by atoms with Crippen molar-refractivity contribution in [2.75, 3.05) is 13.2 Å². The smallest absolute Gasteiger partial charge is 0.0804 e. The second kappa shape index (κ2) is 8.61. The highest BCUT2D eigenvalue weighted by Crippen LogP contribution is 2.23. The molecule has 0 aliphatic carbocycles. The molecule has 0 saturated heterocycles. The minimum atomic E-state index is -0.0965. The molecule has 16 heavy (non-hydrogen) atoms. The molecule has 2 atom stereocenters. The van der Waals surface area contributed by atoms with E-state index in [1.807, 2.05) is 6.92 Å². The van der Waals surface area contributed by atoms with Gasteiger partial charge in [0.05, 0.1) is 5.60 Å². The standard InChI is InChI=1S/C14H27NO/c1-6-10-11-13(15-12-7-2)14(5,8-3)16-9-4/h1,13,15H,7-12H2,2-5H3. The van der Waals surface area contributed by atoms with Gasteiger partial charge in [0.15, 0.2) is 0 Å². The molecule has 94 valence electrons. The molecule has 0 bridgehead atoms. The van der Waals surface area contributed by atoms with Crippen LogP contribution in [0, 0.1) is 12.3 Å². The van der Waals surface area contributed by atoms with E-state index < -0.39 is 0 Å². The molecule has 2 heteroatoms. The highest BCUT2D eigenvalue weighted by Gasteiger charge is 2.32. The number of ether oxygens (including phenoxy) is 1. The van der Waals surface area contributed by atoms with Crippen LogP contribution >= 0.6 is 0 Å². The minimum absolute atomic E-state index is 0.0965. The summed E-state index contributed by atoms with van der Waals surface area (Å²) in [5.41, 5.74) is -0.0965. The van der Waals surface area contributed by atoms with Gasteiger partial charge >= 0.3 is 0 Å². The predicted molar refractivity (Wildman–Crippen MR) is 70.5 cm³/mol. The van der Waals surface area contributed by atoms with Crippen LogP contribution in [0.5, 0.6) is 0 Å². The Labute approximate surface area is 101 Å². The Kier molecular flexibility index (Phi) is 8.33. The summed E-state index contributed by atoms with van der Waals surface area (Å²) >= 11 is 0. The van der Waals surface area contributed by atoms with Crippen LogP contribution in [0.25, 0.3) is 0 Å². The molecule has 0 aliphatic heterocycles. The molecule has 0 spiro atoms. The summed E-state index contributed by atoms with van der Waals surface area (Å²) in [7, 11) is 0. The van der Waals surface area contributed by atoms with Gasteiger partial charge in [-0.3, -0.25) is 0 Å². The maximum atomic E-state index is 5.90. The minimum Gasteiger partial charge on any atom is -0.374 e. The number of hydrogen-bond acceptors (Lipinski definition) is 2. The molecule has 0 saturated carbocycles. The van der Waals surface area contributed by atoms with Crippen molar-refractivity contribution in [2.24, 2.45) is 0 Å². The topological polar surface area (TPSA) is 21.3 Å². The summed E-state index contributed by atoms with van der Waals surface area (Å²) in [5.74, 6) is 2.72. The molecule has 0 fully saturated rings. The maximum absolute atomic E-state index is 5.90.